The number of amides is 1. The molecule has 4 aromatic rings. The first-order chi connectivity index (χ1) is 15.4. The van der Waals surface area contributed by atoms with Crippen molar-refractivity contribution in [2.45, 2.75) is 38.9 Å². The summed E-state index contributed by atoms with van der Waals surface area (Å²) in [5, 5.41) is 8.77. The minimum absolute atomic E-state index is 0.0567. The highest BCUT2D eigenvalue weighted by Gasteiger charge is 2.15. The standard InChI is InChI=1S/C24H24ClN5OS/c1-15-4-6-19(7-5-15)13-26-22(31)14-32-24-28-23-27-16(2)21(17(3)30(23)29-24)12-18-8-10-20(25)11-9-18/h4-11H,12-14H2,1-3H3,(H,26,31). The van der Waals surface area contributed by atoms with E-state index in [1.165, 1.54) is 17.3 Å². The number of rotatable bonds is 7. The highest BCUT2D eigenvalue weighted by Crippen LogP contribution is 2.21. The van der Waals surface area contributed by atoms with Gasteiger partial charge in [-0.1, -0.05) is 65.3 Å². The number of benzene rings is 2. The quantitative estimate of drug-likeness (QED) is 0.400. The van der Waals surface area contributed by atoms with Crippen LogP contribution in [0.3, 0.4) is 0 Å². The van der Waals surface area contributed by atoms with Crippen LogP contribution < -0.4 is 5.32 Å². The molecule has 1 N–H and O–H groups in total. The summed E-state index contributed by atoms with van der Waals surface area (Å²) >= 11 is 7.31. The van der Waals surface area contributed by atoms with Crippen molar-refractivity contribution in [1.82, 2.24) is 24.9 Å². The molecule has 0 radical (unpaired) electrons. The topological polar surface area (TPSA) is 72.2 Å². The number of hydrogen-bond donors (Lipinski definition) is 1. The summed E-state index contributed by atoms with van der Waals surface area (Å²) in [6.45, 7) is 6.55. The Morgan fingerprint density at radius 2 is 1.69 bits per heavy atom. The lowest BCUT2D eigenvalue weighted by Crippen LogP contribution is -2.24. The van der Waals surface area contributed by atoms with Crippen LogP contribution in [0.1, 0.15) is 33.6 Å². The highest BCUT2D eigenvalue weighted by molar-refractivity contribution is 7.99. The molecular weight excluding hydrogens is 442 g/mol. The molecule has 0 spiro atoms. The first kappa shape index (κ1) is 22.3. The Balaban J connectivity index is 1.42. The zero-order valence-electron chi connectivity index (χ0n) is 18.2. The molecule has 0 bridgehead atoms. The monoisotopic (exact) mass is 465 g/mol. The van der Waals surface area contributed by atoms with Gasteiger partial charge in [0.1, 0.15) is 0 Å². The number of nitrogens with zero attached hydrogens (tertiary/aromatic N) is 4. The fraction of sp³-hybridized carbons (Fsp3) is 0.250. The molecule has 0 aliphatic heterocycles. The molecule has 4 rings (SSSR count). The van der Waals surface area contributed by atoms with Crippen LogP contribution in [0.5, 0.6) is 0 Å². The molecule has 8 heteroatoms. The Labute approximate surface area is 196 Å². The van der Waals surface area contributed by atoms with E-state index in [2.05, 4.69) is 20.4 Å². The molecule has 0 unspecified atom stereocenters. The molecule has 2 heterocycles. The van der Waals surface area contributed by atoms with Crippen LogP contribution in [0.4, 0.5) is 0 Å². The second-order valence-electron chi connectivity index (χ2n) is 7.72. The fourth-order valence-electron chi connectivity index (χ4n) is 3.40. The van der Waals surface area contributed by atoms with Gasteiger partial charge in [-0.3, -0.25) is 4.79 Å². The summed E-state index contributed by atoms with van der Waals surface area (Å²) in [6, 6.07) is 15.9. The summed E-state index contributed by atoms with van der Waals surface area (Å²) in [5.41, 5.74) is 6.45. The Morgan fingerprint density at radius 1 is 1.00 bits per heavy atom. The third-order valence-electron chi connectivity index (χ3n) is 5.27. The molecule has 32 heavy (non-hydrogen) atoms. The smallest absolute Gasteiger partial charge is 0.253 e. The van der Waals surface area contributed by atoms with Gasteiger partial charge in [-0.2, -0.15) is 4.98 Å². The maximum absolute atomic E-state index is 12.3. The molecule has 2 aromatic heterocycles. The normalized spacial score (nSPS) is 11.1. The molecule has 6 nitrogen and oxygen atoms in total. The molecule has 2 aromatic carbocycles. The van der Waals surface area contributed by atoms with Crippen molar-refractivity contribution in [2.24, 2.45) is 0 Å². The van der Waals surface area contributed by atoms with Crippen LogP contribution in [0.25, 0.3) is 5.78 Å². The number of hydrogen-bond acceptors (Lipinski definition) is 5. The van der Waals surface area contributed by atoms with Crippen molar-refractivity contribution in [2.75, 3.05) is 5.75 Å². The first-order valence-electron chi connectivity index (χ1n) is 10.3. The Morgan fingerprint density at radius 3 is 2.41 bits per heavy atom. The van der Waals surface area contributed by atoms with Gasteiger partial charge in [-0.25, -0.2) is 9.50 Å². The molecule has 0 saturated carbocycles. The molecule has 0 aliphatic carbocycles. The number of aromatic nitrogens is 4. The third kappa shape index (κ3) is 5.29. The largest absolute Gasteiger partial charge is 0.351 e. The second kappa shape index (κ2) is 9.71. The van der Waals surface area contributed by atoms with Gasteiger partial charge in [-0.05, 0) is 49.6 Å². The molecule has 0 fully saturated rings. The van der Waals surface area contributed by atoms with Crippen LogP contribution >= 0.6 is 23.4 Å². The van der Waals surface area contributed by atoms with E-state index in [-0.39, 0.29) is 11.7 Å². The third-order valence-corrected chi connectivity index (χ3v) is 6.36. The minimum atomic E-state index is -0.0567. The van der Waals surface area contributed by atoms with Gasteiger partial charge in [0.25, 0.3) is 5.78 Å². The number of carbonyl (C=O) groups excluding carboxylic acids is 1. The van der Waals surface area contributed by atoms with Crippen molar-refractivity contribution in [3.8, 4) is 0 Å². The van der Waals surface area contributed by atoms with Gasteiger partial charge in [-0.15, -0.1) is 5.10 Å². The SMILES string of the molecule is Cc1ccc(CNC(=O)CSc2nc3nc(C)c(Cc4ccc(Cl)cc4)c(C)n3n2)cc1. The maximum Gasteiger partial charge on any atom is 0.253 e. The van der Waals surface area contributed by atoms with Crippen molar-refractivity contribution < 1.29 is 4.79 Å². The van der Waals surface area contributed by atoms with Crippen LogP contribution in [0.15, 0.2) is 53.7 Å². The van der Waals surface area contributed by atoms with E-state index in [0.29, 0.717) is 17.5 Å². The Bertz CT molecular complexity index is 1250. The second-order valence-corrected chi connectivity index (χ2v) is 9.10. The summed E-state index contributed by atoms with van der Waals surface area (Å²) in [5.74, 6) is 0.736. The summed E-state index contributed by atoms with van der Waals surface area (Å²) < 4.78 is 1.75. The molecule has 0 atom stereocenters. The van der Waals surface area contributed by atoms with Crippen molar-refractivity contribution in [3.63, 3.8) is 0 Å². The van der Waals surface area contributed by atoms with E-state index in [9.17, 15) is 4.79 Å². The molecule has 1 amide bonds. The lowest BCUT2D eigenvalue weighted by Gasteiger charge is -2.10. The van der Waals surface area contributed by atoms with Crippen LogP contribution in [-0.2, 0) is 17.8 Å². The van der Waals surface area contributed by atoms with E-state index in [1.54, 1.807) is 4.52 Å². The lowest BCUT2D eigenvalue weighted by atomic mass is 10.0. The van der Waals surface area contributed by atoms with Crippen LogP contribution in [0.2, 0.25) is 5.02 Å². The predicted octanol–water partition coefficient (Wildman–Crippen LogP) is 4.70. The van der Waals surface area contributed by atoms with Gasteiger partial charge >= 0.3 is 0 Å². The number of aryl methyl sites for hydroxylation is 3. The number of carbonyl (C=O) groups is 1. The summed E-state index contributed by atoms with van der Waals surface area (Å²) in [6.07, 6.45) is 0.738. The lowest BCUT2D eigenvalue weighted by molar-refractivity contribution is -0.118. The summed E-state index contributed by atoms with van der Waals surface area (Å²) in [7, 11) is 0. The van der Waals surface area contributed by atoms with E-state index >= 15 is 0 Å². The van der Waals surface area contributed by atoms with Crippen molar-refractivity contribution >= 4 is 35.0 Å². The van der Waals surface area contributed by atoms with Crippen LogP contribution in [0, 0.1) is 20.8 Å². The number of halogens is 1. The highest BCUT2D eigenvalue weighted by atomic mass is 35.5. The zero-order valence-corrected chi connectivity index (χ0v) is 19.8. The predicted molar refractivity (Wildman–Crippen MR) is 128 cm³/mol. The Hall–Kier alpha value is -2.90. The molecule has 164 valence electrons. The molecule has 0 saturated heterocycles. The van der Waals surface area contributed by atoms with Crippen LogP contribution in [-0.4, -0.2) is 31.2 Å². The Kier molecular flexibility index (Phi) is 6.77. The minimum Gasteiger partial charge on any atom is -0.351 e. The van der Waals surface area contributed by atoms with Gasteiger partial charge in [0.2, 0.25) is 11.1 Å². The number of fused-ring (bicyclic) bond motifs is 1. The first-order valence-corrected chi connectivity index (χ1v) is 11.7. The summed E-state index contributed by atoms with van der Waals surface area (Å²) in [4.78, 5) is 21.4. The van der Waals surface area contributed by atoms with Crippen molar-refractivity contribution in [3.05, 3.63) is 87.2 Å². The average Bonchev–Trinajstić information content (AvgIpc) is 3.19. The molecule has 0 aliphatic rings. The number of thioether (sulfide) groups is 1. The molecular formula is C24H24ClN5OS. The van der Waals surface area contributed by atoms with E-state index in [0.717, 1.165) is 39.5 Å². The zero-order chi connectivity index (χ0) is 22.7. The number of nitrogens with one attached hydrogen (secondary N) is 1. The van der Waals surface area contributed by atoms with Crippen molar-refractivity contribution in [1.29, 1.82) is 0 Å². The van der Waals surface area contributed by atoms with E-state index in [1.807, 2.05) is 69.3 Å². The van der Waals surface area contributed by atoms with E-state index < -0.39 is 0 Å². The maximum atomic E-state index is 12.3. The van der Waals surface area contributed by atoms with Gasteiger partial charge < -0.3 is 5.32 Å². The van der Waals surface area contributed by atoms with Gasteiger partial charge in [0.05, 0.1) is 5.75 Å². The van der Waals surface area contributed by atoms with Gasteiger partial charge in [0.15, 0.2) is 0 Å². The average molecular weight is 466 g/mol. The van der Waals surface area contributed by atoms with Gasteiger partial charge in [0, 0.05) is 29.4 Å². The fourth-order valence-corrected chi connectivity index (χ4v) is 4.17. The van der Waals surface area contributed by atoms with E-state index in [4.69, 9.17) is 11.6 Å².